The molecule has 0 aromatic carbocycles. The van der Waals surface area contributed by atoms with Crippen molar-refractivity contribution in [1.29, 1.82) is 0 Å². The number of likely N-dealkylation sites (N-methyl/N-ethyl adjacent to an activating group) is 1. The summed E-state index contributed by atoms with van der Waals surface area (Å²) in [7, 11) is 1.90. The summed E-state index contributed by atoms with van der Waals surface area (Å²) in [6.45, 7) is 8.05. The summed E-state index contributed by atoms with van der Waals surface area (Å²) in [5.74, 6) is -0.0198. The summed E-state index contributed by atoms with van der Waals surface area (Å²) >= 11 is 7.51. The summed E-state index contributed by atoms with van der Waals surface area (Å²) in [6, 6.07) is 3.82. The van der Waals surface area contributed by atoms with E-state index < -0.39 is 0 Å². The minimum Gasteiger partial charge on any atom is -0.349 e. The molecule has 2 rings (SSSR count). The maximum absolute atomic E-state index is 12.3. The van der Waals surface area contributed by atoms with Gasteiger partial charge in [0, 0.05) is 20.1 Å². The first-order valence-electron chi connectivity index (χ1n) is 7.82. The van der Waals surface area contributed by atoms with E-state index in [-0.39, 0.29) is 5.91 Å². The molecule has 0 fully saturated rings. The summed E-state index contributed by atoms with van der Waals surface area (Å²) in [4.78, 5) is 14.7. The largest absolute Gasteiger partial charge is 0.349 e. The van der Waals surface area contributed by atoms with Crippen LogP contribution in [-0.4, -0.2) is 41.6 Å². The summed E-state index contributed by atoms with van der Waals surface area (Å²) in [6.07, 6.45) is 2.40. The maximum Gasteiger partial charge on any atom is 0.268 e. The molecule has 0 aliphatic carbocycles. The Bertz CT molecular complexity index is 635. The van der Waals surface area contributed by atoms with Gasteiger partial charge in [-0.25, -0.2) is 0 Å². The normalized spacial score (nSPS) is 11.5. The second-order valence-electron chi connectivity index (χ2n) is 5.43. The predicted octanol–water partition coefficient (Wildman–Crippen LogP) is 3.75. The van der Waals surface area contributed by atoms with Gasteiger partial charge in [0.05, 0.1) is 14.6 Å². The lowest BCUT2D eigenvalue weighted by atomic mass is 10.3. The Balaban J connectivity index is 1.91. The Morgan fingerprint density at radius 2 is 2.14 bits per heavy atom. The second-order valence-corrected chi connectivity index (χ2v) is 7.15. The van der Waals surface area contributed by atoms with Gasteiger partial charge >= 0.3 is 0 Å². The molecule has 1 amide bonds. The van der Waals surface area contributed by atoms with Gasteiger partial charge in [0.2, 0.25) is 0 Å². The Hall–Kier alpha value is -1.04. The van der Waals surface area contributed by atoms with Crippen molar-refractivity contribution >= 4 is 39.1 Å². The van der Waals surface area contributed by atoms with E-state index in [0.717, 1.165) is 34.2 Å². The van der Waals surface area contributed by atoms with Crippen LogP contribution >= 0.6 is 22.9 Å². The average molecular weight is 342 g/mol. The molecule has 4 nitrogen and oxygen atoms in total. The van der Waals surface area contributed by atoms with Crippen LogP contribution in [0.25, 0.3) is 10.2 Å². The molecule has 1 N–H and O–H groups in total. The minimum absolute atomic E-state index is 0.0198. The molecule has 22 heavy (non-hydrogen) atoms. The number of nitrogens with zero attached hydrogens (tertiary/aromatic N) is 2. The third-order valence-electron chi connectivity index (χ3n) is 3.92. The lowest BCUT2D eigenvalue weighted by Crippen LogP contribution is -2.36. The molecule has 0 bridgehead atoms. The van der Waals surface area contributed by atoms with E-state index in [1.807, 2.05) is 23.7 Å². The molecule has 0 unspecified atom stereocenters. The van der Waals surface area contributed by atoms with Gasteiger partial charge in [-0.15, -0.1) is 11.3 Å². The molecule has 0 saturated carbocycles. The van der Waals surface area contributed by atoms with Crippen molar-refractivity contribution in [2.45, 2.75) is 26.7 Å². The van der Waals surface area contributed by atoms with E-state index in [9.17, 15) is 4.79 Å². The third-order valence-corrected chi connectivity index (χ3v) is 5.12. The molecule has 122 valence electrons. The highest BCUT2D eigenvalue weighted by Crippen LogP contribution is 2.31. The maximum atomic E-state index is 12.3. The van der Waals surface area contributed by atoms with Gasteiger partial charge in [-0.05, 0) is 31.6 Å². The van der Waals surface area contributed by atoms with Gasteiger partial charge in [0.1, 0.15) is 5.69 Å². The Kier molecular flexibility index (Phi) is 6.29. The van der Waals surface area contributed by atoms with Gasteiger partial charge < -0.3 is 14.8 Å². The molecule has 0 radical (unpaired) electrons. The van der Waals surface area contributed by atoms with Crippen LogP contribution in [0.2, 0.25) is 4.34 Å². The number of aryl methyl sites for hydroxylation is 1. The SMILES string of the molecule is CCCCN(CC)CCNC(=O)c1cc2sc(Cl)cc2n1C. The molecule has 6 heteroatoms. The first kappa shape index (κ1) is 17.3. The number of aromatic nitrogens is 1. The second kappa shape index (κ2) is 7.99. The van der Waals surface area contributed by atoms with Crippen LogP contribution in [0.15, 0.2) is 12.1 Å². The summed E-state index contributed by atoms with van der Waals surface area (Å²) in [5.41, 5.74) is 1.70. The number of rotatable bonds is 8. The molecule has 0 atom stereocenters. The van der Waals surface area contributed by atoms with Crippen molar-refractivity contribution in [3.8, 4) is 0 Å². The molecule has 0 aliphatic rings. The number of hydrogen-bond acceptors (Lipinski definition) is 3. The van der Waals surface area contributed by atoms with Crippen molar-refractivity contribution in [3.63, 3.8) is 0 Å². The quantitative estimate of drug-likeness (QED) is 0.794. The van der Waals surface area contributed by atoms with Crippen LogP contribution in [0, 0.1) is 0 Å². The van der Waals surface area contributed by atoms with E-state index in [1.165, 1.54) is 24.2 Å². The Morgan fingerprint density at radius 1 is 1.36 bits per heavy atom. The monoisotopic (exact) mass is 341 g/mol. The van der Waals surface area contributed by atoms with Gasteiger partial charge in [0.25, 0.3) is 5.91 Å². The van der Waals surface area contributed by atoms with Crippen LogP contribution in [0.1, 0.15) is 37.2 Å². The number of halogens is 1. The van der Waals surface area contributed by atoms with Crippen LogP contribution in [0.4, 0.5) is 0 Å². The number of fused-ring (bicyclic) bond motifs is 1. The summed E-state index contributed by atoms with van der Waals surface area (Å²) in [5, 5.41) is 3.02. The molecule has 2 aromatic rings. The number of nitrogens with one attached hydrogen (secondary N) is 1. The van der Waals surface area contributed by atoms with Gasteiger partial charge in [-0.3, -0.25) is 4.79 Å². The zero-order chi connectivity index (χ0) is 16.1. The first-order chi connectivity index (χ1) is 10.6. The number of carbonyl (C=O) groups excluding carboxylic acids is 1. The van der Waals surface area contributed by atoms with Gasteiger partial charge in [-0.2, -0.15) is 0 Å². The van der Waals surface area contributed by atoms with Gasteiger partial charge in [0.15, 0.2) is 0 Å². The van der Waals surface area contributed by atoms with Crippen molar-refractivity contribution in [2.75, 3.05) is 26.2 Å². The molecule has 0 spiro atoms. The van der Waals surface area contributed by atoms with Crippen molar-refractivity contribution in [3.05, 3.63) is 22.2 Å². The lowest BCUT2D eigenvalue weighted by molar-refractivity contribution is 0.0941. The van der Waals surface area contributed by atoms with E-state index in [4.69, 9.17) is 11.6 Å². The molecular weight excluding hydrogens is 318 g/mol. The molecule has 2 aromatic heterocycles. The van der Waals surface area contributed by atoms with Crippen LogP contribution in [0.5, 0.6) is 0 Å². The van der Waals surface area contributed by atoms with Crippen LogP contribution < -0.4 is 5.32 Å². The number of hydrogen-bond donors (Lipinski definition) is 1. The van der Waals surface area contributed by atoms with E-state index in [2.05, 4.69) is 24.1 Å². The third kappa shape index (κ3) is 4.03. The molecule has 2 heterocycles. The van der Waals surface area contributed by atoms with E-state index >= 15 is 0 Å². The van der Waals surface area contributed by atoms with Crippen LogP contribution in [0.3, 0.4) is 0 Å². The number of thiophene rings is 1. The Morgan fingerprint density at radius 3 is 2.77 bits per heavy atom. The fraction of sp³-hybridized carbons (Fsp3) is 0.562. The summed E-state index contributed by atoms with van der Waals surface area (Å²) < 4.78 is 3.71. The van der Waals surface area contributed by atoms with E-state index in [1.54, 1.807) is 0 Å². The minimum atomic E-state index is -0.0198. The fourth-order valence-corrected chi connectivity index (χ4v) is 3.73. The number of amides is 1. The van der Waals surface area contributed by atoms with Crippen molar-refractivity contribution in [2.24, 2.45) is 7.05 Å². The highest BCUT2D eigenvalue weighted by molar-refractivity contribution is 7.22. The first-order valence-corrected chi connectivity index (χ1v) is 9.01. The molecule has 0 aliphatic heterocycles. The van der Waals surface area contributed by atoms with Crippen molar-refractivity contribution in [1.82, 2.24) is 14.8 Å². The lowest BCUT2D eigenvalue weighted by Gasteiger charge is -2.20. The number of unbranched alkanes of at least 4 members (excludes halogenated alkanes) is 1. The zero-order valence-electron chi connectivity index (χ0n) is 13.5. The standard InChI is InChI=1S/C16H24ClN3OS/c1-4-6-8-20(5-2)9-7-18-16(21)13-10-14-12(19(13)3)11-15(17)22-14/h10-11H,4-9H2,1-3H3,(H,18,21). The fourth-order valence-electron chi connectivity index (χ4n) is 2.53. The smallest absolute Gasteiger partial charge is 0.268 e. The van der Waals surface area contributed by atoms with E-state index in [0.29, 0.717) is 12.2 Å². The topological polar surface area (TPSA) is 37.3 Å². The predicted molar refractivity (Wildman–Crippen MR) is 95.2 cm³/mol. The van der Waals surface area contributed by atoms with Gasteiger partial charge in [-0.1, -0.05) is 31.9 Å². The number of carbonyl (C=O) groups is 1. The highest BCUT2D eigenvalue weighted by Gasteiger charge is 2.15. The van der Waals surface area contributed by atoms with Crippen molar-refractivity contribution < 1.29 is 4.79 Å². The molecule has 0 saturated heterocycles. The highest BCUT2D eigenvalue weighted by atomic mass is 35.5. The van der Waals surface area contributed by atoms with Crippen LogP contribution in [-0.2, 0) is 7.05 Å². The molecular formula is C16H24ClN3OS. The Labute approximate surface area is 141 Å². The zero-order valence-corrected chi connectivity index (χ0v) is 15.1. The average Bonchev–Trinajstić information content (AvgIpc) is 3.00.